The number of ether oxygens (including phenoxy) is 1. The van der Waals surface area contributed by atoms with Crippen LogP contribution in [-0.4, -0.2) is 36.9 Å². The maximum atomic E-state index is 5.29. The van der Waals surface area contributed by atoms with E-state index in [0.717, 1.165) is 33.7 Å². The molecule has 2 aromatic carbocycles. The van der Waals surface area contributed by atoms with Gasteiger partial charge in [-0.1, -0.05) is 42.1 Å². The van der Waals surface area contributed by atoms with Crippen molar-refractivity contribution in [2.24, 2.45) is 7.05 Å². The Kier molecular flexibility index (Phi) is 4.88. The topological polar surface area (TPSA) is 70.7 Å². The van der Waals surface area contributed by atoms with E-state index >= 15 is 0 Å². The summed E-state index contributed by atoms with van der Waals surface area (Å²) in [4.78, 5) is 1.63. The van der Waals surface area contributed by atoms with Crippen LogP contribution < -0.4 is 4.74 Å². The van der Waals surface area contributed by atoms with Crippen molar-refractivity contribution < 1.29 is 4.74 Å². The molecule has 0 aliphatic heterocycles. The van der Waals surface area contributed by atoms with Gasteiger partial charge in [0.05, 0.1) is 24.7 Å². The zero-order valence-electron chi connectivity index (χ0n) is 15.0. The predicted molar refractivity (Wildman–Crippen MR) is 104 cm³/mol. The van der Waals surface area contributed by atoms with Crippen molar-refractivity contribution in [2.45, 2.75) is 10.9 Å². The van der Waals surface area contributed by atoms with E-state index in [4.69, 9.17) is 4.74 Å². The van der Waals surface area contributed by atoms with Gasteiger partial charge in [0.2, 0.25) is 0 Å². The summed E-state index contributed by atoms with van der Waals surface area (Å²) in [7, 11) is 3.61. The lowest BCUT2D eigenvalue weighted by Gasteiger charge is -2.05. The summed E-state index contributed by atoms with van der Waals surface area (Å²) in [5, 5.41) is 18.3. The molecule has 0 amide bonds. The Hall–Kier alpha value is -3.13. The third-order valence-corrected chi connectivity index (χ3v) is 5.09. The van der Waals surface area contributed by atoms with Crippen molar-refractivity contribution in [1.29, 1.82) is 0 Å². The molecule has 0 aliphatic carbocycles. The van der Waals surface area contributed by atoms with Crippen LogP contribution in [0.5, 0.6) is 5.75 Å². The highest BCUT2D eigenvalue weighted by Gasteiger charge is 2.13. The average molecular weight is 378 g/mol. The summed E-state index contributed by atoms with van der Waals surface area (Å²) < 4.78 is 7.26. The minimum atomic E-state index is 0.664. The van der Waals surface area contributed by atoms with Crippen LogP contribution in [0.1, 0.15) is 5.69 Å². The quantitative estimate of drug-likeness (QED) is 0.479. The largest absolute Gasteiger partial charge is 0.497 e. The average Bonchev–Trinajstić information content (AvgIpc) is 3.34. The van der Waals surface area contributed by atoms with E-state index in [1.165, 1.54) is 0 Å². The molecule has 27 heavy (non-hydrogen) atoms. The summed E-state index contributed by atoms with van der Waals surface area (Å²) in [5.74, 6) is 2.25. The molecular weight excluding hydrogens is 360 g/mol. The van der Waals surface area contributed by atoms with Crippen LogP contribution in [-0.2, 0) is 12.8 Å². The van der Waals surface area contributed by atoms with Gasteiger partial charge in [0, 0.05) is 18.4 Å². The van der Waals surface area contributed by atoms with E-state index in [9.17, 15) is 0 Å². The first-order chi connectivity index (χ1) is 13.2. The lowest BCUT2D eigenvalue weighted by Crippen LogP contribution is -1.98. The van der Waals surface area contributed by atoms with Crippen LogP contribution in [0.3, 0.4) is 0 Å². The first-order valence-corrected chi connectivity index (χ1v) is 9.36. The van der Waals surface area contributed by atoms with Crippen LogP contribution in [0, 0.1) is 0 Å². The summed E-state index contributed by atoms with van der Waals surface area (Å²) in [6.07, 6.45) is 1.78. The number of para-hydroxylation sites is 1. The molecule has 0 bridgehead atoms. The van der Waals surface area contributed by atoms with Gasteiger partial charge in [-0.3, -0.25) is 0 Å². The van der Waals surface area contributed by atoms with E-state index in [2.05, 4.69) is 20.4 Å². The molecule has 2 heterocycles. The molecule has 0 atom stereocenters. The van der Waals surface area contributed by atoms with Crippen molar-refractivity contribution in [1.82, 2.24) is 29.8 Å². The molecule has 0 saturated carbocycles. The molecule has 0 aliphatic rings. The maximum Gasteiger partial charge on any atom is 0.191 e. The third-order valence-electron chi connectivity index (χ3n) is 4.04. The minimum absolute atomic E-state index is 0.664. The van der Waals surface area contributed by atoms with Gasteiger partial charge in [-0.15, -0.1) is 10.2 Å². The molecule has 0 fully saturated rings. The molecular formula is C19H18N6OS. The van der Waals surface area contributed by atoms with Crippen molar-refractivity contribution in [3.63, 3.8) is 0 Å². The third kappa shape index (κ3) is 3.70. The first-order valence-electron chi connectivity index (χ1n) is 8.38. The van der Waals surface area contributed by atoms with Crippen LogP contribution in [0.2, 0.25) is 0 Å². The Labute approximate surface area is 161 Å². The zero-order chi connectivity index (χ0) is 18.6. The summed E-state index contributed by atoms with van der Waals surface area (Å²) in [5.41, 5.74) is 2.79. The number of aromatic nitrogens is 6. The fourth-order valence-electron chi connectivity index (χ4n) is 2.64. The smallest absolute Gasteiger partial charge is 0.191 e. The van der Waals surface area contributed by atoms with Crippen LogP contribution in [0.15, 0.2) is 66.0 Å². The Bertz CT molecular complexity index is 1040. The van der Waals surface area contributed by atoms with E-state index < -0.39 is 0 Å². The minimum Gasteiger partial charge on any atom is -0.497 e. The summed E-state index contributed by atoms with van der Waals surface area (Å²) in [6.45, 7) is 0. The zero-order valence-corrected chi connectivity index (χ0v) is 15.8. The molecule has 0 spiro atoms. The monoisotopic (exact) mass is 378 g/mol. The Morgan fingerprint density at radius 1 is 1.04 bits per heavy atom. The Morgan fingerprint density at radius 2 is 1.89 bits per heavy atom. The van der Waals surface area contributed by atoms with Gasteiger partial charge in [0.1, 0.15) is 5.75 Å². The number of rotatable bonds is 6. The number of nitrogens with zero attached hydrogens (tertiary/aromatic N) is 6. The van der Waals surface area contributed by atoms with Crippen molar-refractivity contribution >= 4 is 11.8 Å². The Balaban J connectivity index is 1.48. The number of hydrogen-bond acceptors (Lipinski definition) is 6. The summed E-state index contributed by atoms with van der Waals surface area (Å²) >= 11 is 1.58. The lowest BCUT2D eigenvalue weighted by molar-refractivity contribution is 0.415. The van der Waals surface area contributed by atoms with Crippen molar-refractivity contribution in [3.8, 4) is 22.8 Å². The first kappa shape index (κ1) is 17.3. The highest BCUT2D eigenvalue weighted by atomic mass is 32.2. The fraction of sp³-hybridized carbons (Fsp3) is 0.158. The van der Waals surface area contributed by atoms with E-state index in [-0.39, 0.29) is 0 Å². The molecule has 2 aromatic heterocycles. The van der Waals surface area contributed by atoms with Crippen LogP contribution >= 0.6 is 11.8 Å². The SMILES string of the molecule is COc1cccc(-c2nnc(SCc3cnn(-c4ccccc4)n3)n2C)c1. The highest BCUT2D eigenvalue weighted by molar-refractivity contribution is 7.98. The van der Waals surface area contributed by atoms with Crippen molar-refractivity contribution in [3.05, 3.63) is 66.5 Å². The van der Waals surface area contributed by atoms with E-state index in [0.29, 0.717) is 5.75 Å². The molecule has 4 aromatic rings. The number of hydrogen-bond donors (Lipinski definition) is 0. The van der Waals surface area contributed by atoms with Crippen molar-refractivity contribution in [2.75, 3.05) is 7.11 Å². The second-order valence-electron chi connectivity index (χ2n) is 5.85. The van der Waals surface area contributed by atoms with Gasteiger partial charge in [0.25, 0.3) is 0 Å². The molecule has 0 N–H and O–H groups in total. The maximum absolute atomic E-state index is 5.29. The molecule has 7 nitrogen and oxygen atoms in total. The molecule has 0 radical (unpaired) electrons. The number of thioether (sulfide) groups is 1. The second-order valence-corrected chi connectivity index (χ2v) is 6.79. The van der Waals surface area contributed by atoms with Gasteiger partial charge in [-0.05, 0) is 24.3 Å². The second kappa shape index (κ2) is 7.63. The highest BCUT2D eigenvalue weighted by Crippen LogP contribution is 2.26. The fourth-order valence-corrected chi connectivity index (χ4v) is 3.43. The molecule has 4 rings (SSSR count). The van der Waals surface area contributed by atoms with Gasteiger partial charge in [-0.2, -0.15) is 15.0 Å². The lowest BCUT2D eigenvalue weighted by atomic mass is 10.2. The van der Waals surface area contributed by atoms with Gasteiger partial charge in [0.15, 0.2) is 11.0 Å². The van der Waals surface area contributed by atoms with Crippen LogP contribution in [0.25, 0.3) is 17.1 Å². The molecule has 0 unspecified atom stereocenters. The normalized spacial score (nSPS) is 10.9. The molecule has 136 valence electrons. The number of benzene rings is 2. The van der Waals surface area contributed by atoms with E-state index in [1.807, 2.05) is 66.2 Å². The predicted octanol–water partition coefficient (Wildman–Crippen LogP) is 3.36. The standard InChI is InChI=1S/C19H18N6OS/c1-24-18(14-7-6-10-17(11-14)26-2)21-22-19(24)27-13-15-12-20-25(23-15)16-8-4-3-5-9-16/h3-12H,13H2,1-2H3. The van der Waals surface area contributed by atoms with Gasteiger partial charge in [-0.25, -0.2) is 0 Å². The number of methoxy groups -OCH3 is 1. The molecule has 0 saturated heterocycles. The Morgan fingerprint density at radius 3 is 2.70 bits per heavy atom. The van der Waals surface area contributed by atoms with Crippen LogP contribution in [0.4, 0.5) is 0 Å². The molecule has 8 heteroatoms. The van der Waals surface area contributed by atoms with Gasteiger partial charge < -0.3 is 9.30 Å². The summed E-state index contributed by atoms with van der Waals surface area (Å²) in [6, 6.07) is 17.6. The van der Waals surface area contributed by atoms with Gasteiger partial charge >= 0.3 is 0 Å². The van der Waals surface area contributed by atoms with E-state index in [1.54, 1.807) is 29.9 Å².